The van der Waals surface area contributed by atoms with Crippen LogP contribution in [-0.2, 0) is 22.4 Å². The van der Waals surface area contributed by atoms with Gasteiger partial charge in [-0.25, -0.2) is 0 Å². The minimum Gasteiger partial charge on any atom is -0.493 e. The van der Waals surface area contributed by atoms with Gasteiger partial charge in [0.15, 0.2) is 11.5 Å². The van der Waals surface area contributed by atoms with Gasteiger partial charge in [0.1, 0.15) is 18.1 Å². The van der Waals surface area contributed by atoms with Crippen molar-refractivity contribution in [1.29, 1.82) is 0 Å². The lowest BCUT2D eigenvalue weighted by Crippen LogP contribution is -2.43. The van der Waals surface area contributed by atoms with Crippen LogP contribution in [0.1, 0.15) is 38.9 Å². The fourth-order valence-electron chi connectivity index (χ4n) is 5.94. The van der Waals surface area contributed by atoms with Crippen molar-refractivity contribution in [2.24, 2.45) is 5.92 Å². The Morgan fingerprint density at radius 3 is 2.64 bits per heavy atom. The maximum absolute atomic E-state index is 13.6. The molecule has 2 bridgehead atoms. The highest BCUT2D eigenvalue weighted by atomic mass is 16.5. The number of aryl methyl sites for hydroxylation is 1. The molecule has 3 aromatic rings. The van der Waals surface area contributed by atoms with Gasteiger partial charge in [-0.3, -0.25) is 14.4 Å². The normalized spacial score (nSPS) is 20.2. The summed E-state index contributed by atoms with van der Waals surface area (Å²) in [5, 5.41) is 6.88. The number of rotatable bonds is 4. The number of hydrogen-bond acceptors (Lipinski definition) is 8. The first-order valence-corrected chi connectivity index (χ1v) is 14.2. The van der Waals surface area contributed by atoms with E-state index in [-0.39, 0.29) is 49.8 Å². The molecule has 0 unspecified atom stereocenters. The molecule has 2 atom stereocenters. The molecule has 4 heterocycles. The van der Waals surface area contributed by atoms with Gasteiger partial charge in [-0.05, 0) is 48.4 Å². The Hall–Kier alpha value is -4.54. The van der Waals surface area contributed by atoms with E-state index in [0.717, 1.165) is 23.3 Å². The number of aromatic nitrogens is 1. The zero-order chi connectivity index (χ0) is 29.2. The number of methoxy groups -OCH3 is 1. The molecule has 3 aliphatic rings. The average Bonchev–Trinajstić information content (AvgIpc) is 3.74. The predicted octanol–water partition coefficient (Wildman–Crippen LogP) is 2.36. The summed E-state index contributed by atoms with van der Waals surface area (Å²) in [6.45, 7) is 4.19. The van der Waals surface area contributed by atoms with Gasteiger partial charge >= 0.3 is 0 Å². The summed E-state index contributed by atoms with van der Waals surface area (Å²) >= 11 is 0. The molecule has 1 aromatic heterocycles. The van der Waals surface area contributed by atoms with Crippen LogP contribution in [0.15, 0.2) is 47.0 Å². The number of nitrogens with one attached hydrogen (secondary N) is 1. The summed E-state index contributed by atoms with van der Waals surface area (Å²) in [6, 6.07) is 12.9. The number of carbonyl (C=O) groups excluding carboxylic acids is 3. The summed E-state index contributed by atoms with van der Waals surface area (Å²) in [7, 11) is 1.57. The number of benzene rings is 2. The molecule has 6 rings (SSSR count). The largest absolute Gasteiger partial charge is 0.493 e. The molecule has 1 saturated heterocycles. The zero-order valence-corrected chi connectivity index (χ0v) is 23.8. The van der Waals surface area contributed by atoms with Crippen molar-refractivity contribution in [2.75, 3.05) is 53.0 Å². The highest BCUT2D eigenvalue weighted by Gasteiger charge is 2.41. The Bertz CT molecular complexity index is 1500. The van der Waals surface area contributed by atoms with E-state index in [0.29, 0.717) is 54.8 Å². The lowest BCUT2D eigenvalue weighted by Gasteiger charge is -2.23. The second-order valence-electron chi connectivity index (χ2n) is 10.9. The van der Waals surface area contributed by atoms with Gasteiger partial charge in [0.05, 0.1) is 38.3 Å². The Morgan fingerprint density at radius 2 is 1.83 bits per heavy atom. The zero-order valence-electron chi connectivity index (χ0n) is 23.8. The smallest absolute Gasteiger partial charge is 0.253 e. The van der Waals surface area contributed by atoms with Crippen molar-refractivity contribution >= 4 is 17.7 Å². The van der Waals surface area contributed by atoms with Crippen LogP contribution in [-0.4, -0.2) is 85.7 Å². The van der Waals surface area contributed by atoms with Crippen LogP contribution < -0.4 is 19.5 Å². The van der Waals surface area contributed by atoms with E-state index in [1.807, 2.05) is 30.3 Å². The summed E-state index contributed by atoms with van der Waals surface area (Å²) < 4.78 is 22.5. The highest BCUT2D eigenvalue weighted by Crippen LogP contribution is 2.38. The maximum atomic E-state index is 13.6. The molecule has 42 heavy (non-hydrogen) atoms. The molecule has 11 heteroatoms. The molecule has 3 amide bonds. The monoisotopic (exact) mass is 574 g/mol. The van der Waals surface area contributed by atoms with Gasteiger partial charge in [-0.2, -0.15) is 0 Å². The lowest BCUT2D eigenvalue weighted by atomic mass is 9.88. The van der Waals surface area contributed by atoms with Crippen LogP contribution in [0.25, 0.3) is 0 Å². The Morgan fingerprint density at radius 1 is 1.00 bits per heavy atom. The number of nitrogens with zero attached hydrogens (tertiary/aromatic N) is 3. The van der Waals surface area contributed by atoms with Crippen molar-refractivity contribution in [3.05, 3.63) is 70.6 Å². The number of hydrogen-bond donors (Lipinski definition) is 1. The molecule has 0 radical (unpaired) electrons. The third-order valence-electron chi connectivity index (χ3n) is 8.15. The SMILES string of the molecule is COc1ccc2cc1OCCN(C(=O)Cc1cc(C)no1)CCNC(=O)[C@H]1CN(C(=O)c3ccc4c(c3)CCO4)C[C@H]21. The molecule has 2 aromatic carbocycles. The van der Waals surface area contributed by atoms with Crippen LogP contribution in [0.2, 0.25) is 0 Å². The maximum Gasteiger partial charge on any atom is 0.253 e. The van der Waals surface area contributed by atoms with E-state index in [1.54, 1.807) is 36.0 Å². The molecule has 1 N–H and O–H groups in total. The minimum atomic E-state index is -0.477. The summed E-state index contributed by atoms with van der Waals surface area (Å²) in [4.78, 5) is 43.7. The number of fused-ring (bicyclic) bond motifs is 5. The Balaban J connectivity index is 1.24. The Kier molecular flexibility index (Phi) is 7.73. The lowest BCUT2D eigenvalue weighted by molar-refractivity contribution is -0.132. The molecule has 1 fully saturated rings. The number of amides is 3. The van der Waals surface area contributed by atoms with E-state index in [2.05, 4.69) is 10.5 Å². The average molecular weight is 575 g/mol. The predicted molar refractivity (Wildman–Crippen MR) is 151 cm³/mol. The highest BCUT2D eigenvalue weighted by molar-refractivity contribution is 5.95. The number of ether oxygens (including phenoxy) is 3. The van der Waals surface area contributed by atoms with E-state index in [4.69, 9.17) is 18.7 Å². The van der Waals surface area contributed by atoms with E-state index >= 15 is 0 Å². The first-order chi connectivity index (χ1) is 20.4. The Labute approximate surface area is 243 Å². The summed E-state index contributed by atoms with van der Waals surface area (Å²) in [5.74, 6) is 1.22. The van der Waals surface area contributed by atoms with Crippen molar-refractivity contribution in [2.45, 2.75) is 25.7 Å². The van der Waals surface area contributed by atoms with Gasteiger partial charge in [-0.15, -0.1) is 0 Å². The van der Waals surface area contributed by atoms with Crippen LogP contribution >= 0.6 is 0 Å². The minimum absolute atomic E-state index is 0.0597. The molecular formula is C31H34N4O7. The van der Waals surface area contributed by atoms with E-state index in [1.165, 1.54) is 0 Å². The van der Waals surface area contributed by atoms with Crippen molar-refractivity contribution in [3.63, 3.8) is 0 Å². The van der Waals surface area contributed by atoms with E-state index < -0.39 is 5.92 Å². The first-order valence-electron chi connectivity index (χ1n) is 14.2. The van der Waals surface area contributed by atoms with Crippen LogP contribution in [0.3, 0.4) is 0 Å². The molecule has 220 valence electrons. The van der Waals surface area contributed by atoms with Crippen LogP contribution in [0.5, 0.6) is 17.2 Å². The quantitative estimate of drug-likeness (QED) is 0.504. The van der Waals surface area contributed by atoms with E-state index in [9.17, 15) is 14.4 Å². The second kappa shape index (κ2) is 11.8. The number of carbonyl (C=O) groups is 3. The van der Waals surface area contributed by atoms with Gasteiger partial charge in [0.25, 0.3) is 5.91 Å². The van der Waals surface area contributed by atoms with Crippen LogP contribution in [0, 0.1) is 12.8 Å². The third-order valence-corrected chi connectivity index (χ3v) is 8.15. The van der Waals surface area contributed by atoms with Crippen molar-refractivity contribution < 1.29 is 33.1 Å². The molecule has 0 spiro atoms. The second-order valence-corrected chi connectivity index (χ2v) is 10.9. The molecule has 3 aliphatic heterocycles. The fourth-order valence-corrected chi connectivity index (χ4v) is 5.94. The summed E-state index contributed by atoms with van der Waals surface area (Å²) in [6.07, 6.45) is 0.834. The van der Waals surface area contributed by atoms with Gasteiger partial charge in [0, 0.05) is 50.1 Å². The van der Waals surface area contributed by atoms with Gasteiger partial charge in [0.2, 0.25) is 11.8 Å². The first kappa shape index (κ1) is 27.6. The third kappa shape index (κ3) is 5.63. The molecule has 0 aliphatic carbocycles. The standard InChI is InChI=1S/C31H34N4O7/c1-19-13-23(42-33-19)16-29(36)34-9-8-32-30(37)25-18-35(31(38)22-4-5-26-21(14-22)7-11-40-26)17-24(25)20-3-6-27(39-2)28(15-20)41-12-10-34/h3-6,13-15,24-25H,7-12,16-18H2,1-2H3,(H,32,37)/t24-,25+/m1/s1. The topological polar surface area (TPSA) is 123 Å². The molecule has 0 saturated carbocycles. The summed E-state index contributed by atoms with van der Waals surface area (Å²) in [5.41, 5.74) is 3.20. The van der Waals surface area contributed by atoms with Gasteiger partial charge < -0.3 is 33.9 Å². The van der Waals surface area contributed by atoms with Gasteiger partial charge in [-0.1, -0.05) is 11.2 Å². The van der Waals surface area contributed by atoms with Crippen LogP contribution in [0.4, 0.5) is 0 Å². The molecular weight excluding hydrogens is 540 g/mol. The number of likely N-dealkylation sites (tertiary alicyclic amines) is 1. The fraction of sp³-hybridized carbons (Fsp3) is 0.419. The van der Waals surface area contributed by atoms with Crippen molar-refractivity contribution in [1.82, 2.24) is 20.3 Å². The van der Waals surface area contributed by atoms with Crippen molar-refractivity contribution in [3.8, 4) is 17.2 Å². The molecule has 11 nitrogen and oxygen atoms in total.